The van der Waals surface area contributed by atoms with Crippen LogP contribution >= 0.6 is 0 Å². The molecule has 2 amide bonds. The van der Waals surface area contributed by atoms with E-state index in [0.717, 1.165) is 0 Å². The number of aromatic hydroxyl groups is 1. The smallest absolute Gasteiger partial charge is 0.261 e. The van der Waals surface area contributed by atoms with E-state index < -0.39 is 23.4 Å². The minimum absolute atomic E-state index is 0.0761. The quantitative estimate of drug-likeness (QED) is 0.443. The van der Waals surface area contributed by atoms with Crippen LogP contribution in [0.25, 0.3) is 10.9 Å². The highest BCUT2D eigenvalue weighted by atomic mass is 16.5. The van der Waals surface area contributed by atoms with E-state index in [1.165, 1.54) is 43.3 Å². The van der Waals surface area contributed by atoms with Crippen molar-refractivity contribution in [3.63, 3.8) is 0 Å². The number of methoxy groups -OCH3 is 2. The average Bonchev–Trinajstić information content (AvgIpc) is 2.79. The van der Waals surface area contributed by atoms with Crippen LogP contribution in [0, 0.1) is 5.92 Å². The monoisotopic (exact) mass is 454 g/mol. The first-order valence-electron chi connectivity index (χ1n) is 10.2. The number of rotatable bonds is 8. The van der Waals surface area contributed by atoms with Gasteiger partial charge in [0.15, 0.2) is 11.5 Å². The maximum absolute atomic E-state index is 12.9. The van der Waals surface area contributed by atoms with Gasteiger partial charge >= 0.3 is 0 Å². The van der Waals surface area contributed by atoms with Crippen molar-refractivity contribution in [1.82, 2.24) is 14.9 Å². The Morgan fingerprint density at radius 3 is 2.33 bits per heavy atom. The molecular weight excluding hydrogens is 428 g/mol. The number of aromatic nitrogens is 2. The highest BCUT2D eigenvalue weighted by Crippen LogP contribution is 2.29. The Hall–Kier alpha value is -4.08. The van der Waals surface area contributed by atoms with E-state index in [0.29, 0.717) is 22.7 Å². The van der Waals surface area contributed by atoms with Crippen molar-refractivity contribution >= 4 is 28.4 Å². The standard InChI is InChI=1S/C23H26N4O6/c1-13(2)21(22(30)25-14-5-7-15(28)8-6-14)26-20(29)11-27-12-24-17-10-19(33-4)18(32-3)9-16(17)23(27)31/h5-10,12-13,21,28H,11H2,1-4H3,(H,25,30)(H,26,29)/t21-/m0/s1. The van der Waals surface area contributed by atoms with E-state index in [4.69, 9.17) is 9.47 Å². The van der Waals surface area contributed by atoms with Crippen LogP contribution < -0.4 is 25.7 Å². The Morgan fingerprint density at radius 2 is 1.73 bits per heavy atom. The summed E-state index contributed by atoms with van der Waals surface area (Å²) in [4.78, 5) is 42.5. The Balaban J connectivity index is 1.77. The molecule has 3 N–H and O–H groups in total. The molecule has 0 aliphatic heterocycles. The van der Waals surface area contributed by atoms with Gasteiger partial charge in [0.1, 0.15) is 18.3 Å². The predicted molar refractivity (Wildman–Crippen MR) is 123 cm³/mol. The van der Waals surface area contributed by atoms with E-state index in [9.17, 15) is 19.5 Å². The number of carbonyl (C=O) groups excluding carboxylic acids is 2. The lowest BCUT2D eigenvalue weighted by molar-refractivity contribution is -0.127. The summed E-state index contributed by atoms with van der Waals surface area (Å²) in [6.07, 6.45) is 1.27. The number of hydrogen-bond acceptors (Lipinski definition) is 7. The zero-order valence-corrected chi connectivity index (χ0v) is 18.8. The van der Waals surface area contributed by atoms with E-state index >= 15 is 0 Å². The highest BCUT2D eigenvalue weighted by molar-refractivity contribution is 5.97. The third-order valence-electron chi connectivity index (χ3n) is 5.04. The second kappa shape index (κ2) is 10.0. The number of carbonyl (C=O) groups is 2. The van der Waals surface area contributed by atoms with Gasteiger partial charge in [0.25, 0.3) is 5.56 Å². The fraction of sp³-hybridized carbons (Fsp3) is 0.304. The van der Waals surface area contributed by atoms with Gasteiger partial charge in [0.2, 0.25) is 11.8 Å². The summed E-state index contributed by atoms with van der Waals surface area (Å²) in [6.45, 7) is 3.28. The predicted octanol–water partition coefficient (Wildman–Crippen LogP) is 1.90. The first-order valence-corrected chi connectivity index (χ1v) is 10.2. The molecule has 0 radical (unpaired) electrons. The number of anilines is 1. The van der Waals surface area contributed by atoms with E-state index in [2.05, 4.69) is 15.6 Å². The summed E-state index contributed by atoms with van der Waals surface area (Å²) >= 11 is 0. The fourth-order valence-corrected chi connectivity index (χ4v) is 3.27. The number of ether oxygens (including phenoxy) is 2. The lowest BCUT2D eigenvalue weighted by atomic mass is 10.0. The lowest BCUT2D eigenvalue weighted by Crippen LogP contribution is -2.48. The summed E-state index contributed by atoms with van der Waals surface area (Å²) in [6, 6.07) is 8.26. The van der Waals surface area contributed by atoms with Crippen LogP contribution in [0.3, 0.4) is 0 Å². The average molecular weight is 454 g/mol. The maximum Gasteiger partial charge on any atom is 0.261 e. The Morgan fingerprint density at radius 1 is 1.09 bits per heavy atom. The van der Waals surface area contributed by atoms with Crippen LogP contribution in [0.2, 0.25) is 0 Å². The number of phenolic OH excluding ortho intramolecular Hbond substituents is 1. The minimum atomic E-state index is -0.834. The summed E-state index contributed by atoms with van der Waals surface area (Å²) in [5.41, 5.74) is 0.463. The lowest BCUT2D eigenvalue weighted by Gasteiger charge is -2.22. The van der Waals surface area contributed by atoms with Crippen LogP contribution in [0.1, 0.15) is 13.8 Å². The minimum Gasteiger partial charge on any atom is -0.508 e. The van der Waals surface area contributed by atoms with Crippen LogP contribution in [0.5, 0.6) is 17.2 Å². The maximum atomic E-state index is 12.9. The van der Waals surface area contributed by atoms with E-state index in [-0.39, 0.29) is 23.6 Å². The Kier molecular flexibility index (Phi) is 7.17. The third kappa shape index (κ3) is 5.40. The molecule has 1 atom stereocenters. The molecule has 0 aliphatic carbocycles. The van der Waals surface area contributed by atoms with Crippen LogP contribution in [0.4, 0.5) is 5.69 Å². The van der Waals surface area contributed by atoms with Gasteiger partial charge in [-0.25, -0.2) is 4.98 Å². The summed E-state index contributed by atoms with van der Waals surface area (Å²) in [5, 5.41) is 15.0. The normalized spacial score (nSPS) is 11.8. The van der Waals surface area contributed by atoms with Gasteiger partial charge < -0.3 is 25.2 Å². The molecule has 33 heavy (non-hydrogen) atoms. The molecule has 0 bridgehead atoms. The number of nitrogens with zero attached hydrogens (tertiary/aromatic N) is 2. The molecular formula is C23H26N4O6. The zero-order valence-electron chi connectivity index (χ0n) is 18.8. The van der Waals surface area contributed by atoms with Gasteiger partial charge in [0.05, 0.1) is 31.4 Å². The number of hydrogen-bond donors (Lipinski definition) is 3. The van der Waals surface area contributed by atoms with Crippen molar-refractivity contribution in [2.45, 2.75) is 26.4 Å². The number of amides is 2. The van der Waals surface area contributed by atoms with Crippen LogP contribution in [0.15, 0.2) is 47.5 Å². The first-order chi connectivity index (χ1) is 15.7. The van der Waals surface area contributed by atoms with Crippen molar-refractivity contribution in [2.24, 2.45) is 5.92 Å². The van der Waals surface area contributed by atoms with Crippen molar-refractivity contribution < 1.29 is 24.2 Å². The number of benzene rings is 2. The molecule has 0 saturated carbocycles. The van der Waals surface area contributed by atoms with Crippen molar-refractivity contribution in [3.8, 4) is 17.2 Å². The van der Waals surface area contributed by atoms with Gasteiger partial charge in [-0.1, -0.05) is 13.8 Å². The summed E-state index contributed by atoms with van der Waals surface area (Å²) < 4.78 is 11.6. The second-order valence-corrected chi connectivity index (χ2v) is 7.73. The molecule has 0 spiro atoms. The molecule has 174 valence electrons. The molecule has 0 unspecified atom stereocenters. The molecule has 1 heterocycles. The summed E-state index contributed by atoms with van der Waals surface area (Å²) in [5.74, 6) is -0.256. The molecule has 10 nitrogen and oxygen atoms in total. The number of phenols is 1. The Bertz CT molecular complexity index is 1220. The second-order valence-electron chi connectivity index (χ2n) is 7.73. The molecule has 0 aliphatic rings. The van der Waals surface area contributed by atoms with Crippen molar-refractivity contribution in [3.05, 3.63) is 53.1 Å². The number of fused-ring (bicyclic) bond motifs is 1. The Labute approximate surface area is 190 Å². The topological polar surface area (TPSA) is 132 Å². The molecule has 2 aromatic carbocycles. The van der Waals surface area contributed by atoms with Gasteiger partial charge in [-0.15, -0.1) is 0 Å². The fourth-order valence-electron chi connectivity index (χ4n) is 3.27. The first kappa shape index (κ1) is 23.6. The van der Waals surface area contributed by atoms with Crippen molar-refractivity contribution in [1.29, 1.82) is 0 Å². The van der Waals surface area contributed by atoms with Crippen LogP contribution in [-0.4, -0.2) is 46.7 Å². The molecule has 1 aromatic heterocycles. The zero-order chi connectivity index (χ0) is 24.1. The van der Waals surface area contributed by atoms with Crippen LogP contribution in [-0.2, 0) is 16.1 Å². The molecule has 0 saturated heterocycles. The summed E-state index contributed by atoms with van der Waals surface area (Å²) in [7, 11) is 2.94. The number of nitrogens with one attached hydrogen (secondary N) is 2. The molecule has 3 rings (SSSR count). The SMILES string of the molecule is COc1cc2ncn(CC(=O)N[C@H](C(=O)Nc3ccc(O)cc3)C(C)C)c(=O)c2cc1OC. The van der Waals surface area contributed by atoms with Gasteiger partial charge in [-0.2, -0.15) is 0 Å². The largest absolute Gasteiger partial charge is 0.508 e. The van der Waals surface area contributed by atoms with E-state index in [1.807, 2.05) is 0 Å². The molecule has 0 fully saturated rings. The van der Waals surface area contributed by atoms with Gasteiger partial charge in [-0.3, -0.25) is 19.0 Å². The van der Waals surface area contributed by atoms with E-state index in [1.54, 1.807) is 32.0 Å². The van der Waals surface area contributed by atoms with Gasteiger partial charge in [0, 0.05) is 11.8 Å². The molecule has 3 aromatic rings. The highest BCUT2D eigenvalue weighted by Gasteiger charge is 2.24. The third-order valence-corrected chi connectivity index (χ3v) is 5.04. The van der Waals surface area contributed by atoms with Gasteiger partial charge in [-0.05, 0) is 36.2 Å². The van der Waals surface area contributed by atoms with Crippen molar-refractivity contribution in [2.75, 3.05) is 19.5 Å². The molecule has 10 heteroatoms.